The first kappa shape index (κ1) is 11.0. The van der Waals surface area contributed by atoms with Crippen LogP contribution in [0.1, 0.15) is 0 Å². The van der Waals surface area contributed by atoms with Gasteiger partial charge in [0.25, 0.3) is 0 Å². The number of carbonyl (C=O) groups is 1. The van der Waals surface area contributed by atoms with Crippen molar-refractivity contribution in [2.24, 2.45) is 0 Å². The summed E-state index contributed by atoms with van der Waals surface area (Å²) >= 11 is 0. The quantitative estimate of drug-likeness (QED) is 0.690. The minimum atomic E-state index is 0.750. The molecule has 0 aromatic carbocycles. The molecule has 2 rings (SSSR count). The Labute approximate surface area is 88.8 Å². The maximum Gasteiger partial charge on any atom is 0.228 e. The molecule has 1 amide bonds. The van der Waals surface area contributed by atoms with Gasteiger partial charge in [-0.15, -0.1) is 0 Å². The summed E-state index contributed by atoms with van der Waals surface area (Å²) in [6.45, 7) is 0. The Morgan fingerprint density at radius 1 is 1.07 bits per heavy atom. The van der Waals surface area contributed by atoms with Crippen LogP contribution in [0.2, 0.25) is 0 Å². The molecule has 0 atom stereocenters. The first-order valence-electron chi connectivity index (χ1n) is 4.51. The highest BCUT2D eigenvalue weighted by atomic mass is 16.1. The zero-order valence-corrected chi connectivity index (χ0v) is 8.52. The van der Waals surface area contributed by atoms with Gasteiger partial charge in [0.1, 0.15) is 0 Å². The predicted molar refractivity (Wildman–Crippen MR) is 58.9 cm³/mol. The first-order valence-corrected chi connectivity index (χ1v) is 4.51. The lowest BCUT2D eigenvalue weighted by Crippen LogP contribution is -2.26. The summed E-state index contributed by atoms with van der Waals surface area (Å²) in [5, 5.41) is 1.44. The number of nitrogens with zero attached hydrogens (tertiary/aromatic N) is 3. The van der Waals surface area contributed by atoms with Crippen LogP contribution in [0.5, 0.6) is 0 Å². The molecule has 2 aromatic heterocycles. The highest BCUT2D eigenvalue weighted by Crippen LogP contribution is 1.86. The van der Waals surface area contributed by atoms with Gasteiger partial charge in [0.05, 0.1) is 0 Å². The van der Waals surface area contributed by atoms with Crippen LogP contribution in [-0.2, 0) is 4.79 Å². The fourth-order valence-electron chi connectivity index (χ4n) is 0.903. The van der Waals surface area contributed by atoms with Gasteiger partial charge in [-0.05, 0) is 24.3 Å². The monoisotopic (exact) mass is 203 g/mol. The van der Waals surface area contributed by atoms with Gasteiger partial charge < -0.3 is 0 Å². The number of pyridine rings is 1. The Balaban J connectivity index is 0.000000162. The lowest BCUT2D eigenvalue weighted by atomic mass is 10.5. The van der Waals surface area contributed by atoms with Gasteiger partial charge in [-0.1, -0.05) is 6.07 Å². The molecule has 2 heterocycles. The first-order chi connectivity index (χ1) is 7.34. The molecule has 0 unspecified atom stereocenters. The van der Waals surface area contributed by atoms with Crippen molar-refractivity contribution in [1.29, 1.82) is 0 Å². The van der Waals surface area contributed by atoms with Crippen LogP contribution in [0.25, 0.3) is 0 Å². The van der Waals surface area contributed by atoms with E-state index < -0.39 is 0 Å². The molecule has 78 valence electrons. The smallest absolute Gasteiger partial charge is 0.228 e. The van der Waals surface area contributed by atoms with Crippen LogP contribution in [0.15, 0.2) is 55.1 Å². The van der Waals surface area contributed by atoms with Crippen LogP contribution in [0.3, 0.4) is 0 Å². The van der Waals surface area contributed by atoms with Crippen LogP contribution in [-0.4, -0.2) is 23.1 Å². The minimum Gasteiger partial charge on any atom is -0.277 e. The molecule has 0 N–H and O–H groups in total. The largest absolute Gasteiger partial charge is 0.277 e. The standard InChI is InChI=1S/C6H8N2O.C5H5N/c1-7(6-9)8-4-2-3-5-8;1-2-4-6-5-3-1/h2-6H,1H3;1-5H. The molecule has 4 heteroatoms. The maximum atomic E-state index is 10.1. The molecule has 0 fully saturated rings. The average Bonchev–Trinajstić information content (AvgIpc) is 2.85. The van der Waals surface area contributed by atoms with Gasteiger partial charge in [0.15, 0.2) is 0 Å². The topological polar surface area (TPSA) is 38.1 Å². The fraction of sp³-hybridized carbons (Fsp3) is 0.0909. The molecule has 0 aliphatic heterocycles. The Morgan fingerprint density at radius 2 is 1.67 bits per heavy atom. The van der Waals surface area contributed by atoms with Gasteiger partial charge in [0, 0.05) is 31.8 Å². The lowest BCUT2D eigenvalue weighted by Gasteiger charge is -2.10. The van der Waals surface area contributed by atoms with Gasteiger partial charge in [-0.3, -0.25) is 19.5 Å². The summed E-state index contributed by atoms with van der Waals surface area (Å²) in [5.41, 5.74) is 0. The Morgan fingerprint density at radius 3 is 2.00 bits per heavy atom. The van der Waals surface area contributed by atoms with Gasteiger partial charge in [-0.25, -0.2) is 0 Å². The van der Waals surface area contributed by atoms with Crippen molar-refractivity contribution < 1.29 is 4.79 Å². The fourth-order valence-corrected chi connectivity index (χ4v) is 0.903. The van der Waals surface area contributed by atoms with Crippen molar-refractivity contribution in [3.8, 4) is 0 Å². The molecule has 0 saturated heterocycles. The summed E-state index contributed by atoms with van der Waals surface area (Å²) in [7, 11) is 1.69. The molecule has 0 radical (unpaired) electrons. The van der Waals surface area contributed by atoms with Crippen LogP contribution >= 0.6 is 0 Å². The van der Waals surface area contributed by atoms with E-state index in [0.717, 1.165) is 6.41 Å². The summed E-state index contributed by atoms with van der Waals surface area (Å²) in [6, 6.07) is 9.44. The second-order valence-corrected chi connectivity index (χ2v) is 2.77. The number of carbonyl (C=O) groups excluding carboxylic acids is 1. The third kappa shape index (κ3) is 4.08. The molecule has 15 heavy (non-hydrogen) atoms. The summed E-state index contributed by atoms with van der Waals surface area (Å²) < 4.78 is 1.69. The zero-order chi connectivity index (χ0) is 10.9. The van der Waals surface area contributed by atoms with E-state index in [1.165, 1.54) is 5.01 Å². The number of hydrogen-bond acceptors (Lipinski definition) is 2. The number of aromatic nitrogens is 2. The summed E-state index contributed by atoms with van der Waals surface area (Å²) in [5.74, 6) is 0. The van der Waals surface area contributed by atoms with Gasteiger partial charge in [0.2, 0.25) is 6.41 Å². The molecule has 0 saturated carbocycles. The molecule has 0 bridgehead atoms. The summed E-state index contributed by atoms with van der Waals surface area (Å²) in [4.78, 5) is 13.9. The molecule has 4 nitrogen and oxygen atoms in total. The summed E-state index contributed by atoms with van der Waals surface area (Å²) in [6.07, 6.45) is 7.85. The third-order valence-corrected chi connectivity index (χ3v) is 1.67. The van der Waals surface area contributed by atoms with E-state index >= 15 is 0 Å². The van der Waals surface area contributed by atoms with Gasteiger partial charge >= 0.3 is 0 Å². The molecule has 0 aliphatic rings. The van der Waals surface area contributed by atoms with E-state index in [4.69, 9.17) is 0 Å². The minimum absolute atomic E-state index is 0.750. The van der Waals surface area contributed by atoms with Crippen LogP contribution in [0, 0.1) is 0 Å². The molecule has 0 spiro atoms. The Bertz CT molecular complexity index is 332. The third-order valence-electron chi connectivity index (χ3n) is 1.67. The van der Waals surface area contributed by atoms with E-state index in [1.807, 2.05) is 30.3 Å². The SMILES string of the molecule is CN(C=O)n1cccc1.c1ccncc1. The van der Waals surface area contributed by atoms with Gasteiger partial charge in [-0.2, -0.15) is 0 Å². The van der Waals surface area contributed by atoms with E-state index in [9.17, 15) is 4.79 Å². The molecule has 0 aliphatic carbocycles. The highest BCUT2D eigenvalue weighted by Gasteiger charge is 1.89. The van der Waals surface area contributed by atoms with Crippen molar-refractivity contribution in [2.45, 2.75) is 0 Å². The van der Waals surface area contributed by atoms with E-state index in [1.54, 1.807) is 36.5 Å². The van der Waals surface area contributed by atoms with Crippen molar-refractivity contribution in [3.63, 3.8) is 0 Å². The van der Waals surface area contributed by atoms with Crippen molar-refractivity contribution in [1.82, 2.24) is 9.66 Å². The Kier molecular flexibility index (Phi) is 4.66. The number of amides is 1. The van der Waals surface area contributed by atoms with Crippen molar-refractivity contribution in [2.75, 3.05) is 12.1 Å². The van der Waals surface area contributed by atoms with Crippen molar-refractivity contribution in [3.05, 3.63) is 55.1 Å². The second kappa shape index (κ2) is 6.37. The van der Waals surface area contributed by atoms with E-state index in [-0.39, 0.29) is 0 Å². The lowest BCUT2D eigenvalue weighted by molar-refractivity contribution is -0.108. The van der Waals surface area contributed by atoms with E-state index in [2.05, 4.69) is 4.98 Å². The number of rotatable bonds is 2. The predicted octanol–water partition coefficient (Wildman–Crippen LogP) is 1.29. The normalized spacial score (nSPS) is 8.60. The van der Waals surface area contributed by atoms with Crippen LogP contribution < -0.4 is 5.01 Å². The Hall–Kier alpha value is -2.10. The molecular formula is C11H13N3O. The highest BCUT2D eigenvalue weighted by molar-refractivity contribution is 5.59. The van der Waals surface area contributed by atoms with E-state index in [0.29, 0.717) is 0 Å². The van der Waals surface area contributed by atoms with Crippen LogP contribution in [0.4, 0.5) is 0 Å². The zero-order valence-electron chi connectivity index (χ0n) is 8.52. The molecule has 2 aromatic rings. The average molecular weight is 203 g/mol. The second-order valence-electron chi connectivity index (χ2n) is 2.77. The van der Waals surface area contributed by atoms with Crippen molar-refractivity contribution >= 4 is 6.41 Å². The maximum absolute atomic E-state index is 10.1. The molecular weight excluding hydrogens is 190 g/mol. The number of hydrogen-bond donors (Lipinski definition) is 0.